The molecule has 0 unspecified atom stereocenters. The molecular weight excluding hydrogens is 242 g/mol. The van der Waals surface area contributed by atoms with Crippen LogP contribution >= 0.6 is 0 Å². The number of carbonyl (C=O) groups is 2. The lowest BCUT2D eigenvalue weighted by Crippen LogP contribution is -2.40. The number of likely N-dealkylation sites (N-methyl/N-ethyl adjacent to an activating group) is 1. The van der Waals surface area contributed by atoms with Gasteiger partial charge in [-0.1, -0.05) is 19.1 Å². The Kier molecular flexibility index (Phi) is 5.51. The number of nitrogens with zero attached hydrogens (tertiary/aromatic N) is 1. The first-order valence-electron chi connectivity index (χ1n) is 6.31. The van der Waals surface area contributed by atoms with Gasteiger partial charge < -0.3 is 16.0 Å². The highest BCUT2D eigenvalue weighted by Gasteiger charge is 2.16. The summed E-state index contributed by atoms with van der Waals surface area (Å²) in [7, 11) is 3.32. The van der Waals surface area contributed by atoms with Crippen molar-refractivity contribution in [1.82, 2.24) is 10.2 Å². The molecule has 0 bridgehead atoms. The van der Waals surface area contributed by atoms with Crippen LogP contribution in [0.15, 0.2) is 24.3 Å². The van der Waals surface area contributed by atoms with E-state index in [0.717, 1.165) is 5.56 Å². The predicted octanol–water partition coefficient (Wildman–Crippen LogP) is 0.742. The molecule has 2 amide bonds. The van der Waals surface area contributed by atoms with Crippen LogP contribution in [0.2, 0.25) is 0 Å². The van der Waals surface area contributed by atoms with E-state index in [1.807, 2.05) is 19.1 Å². The molecule has 0 aromatic heterocycles. The van der Waals surface area contributed by atoms with E-state index in [9.17, 15) is 9.59 Å². The molecule has 1 aromatic rings. The topological polar surface area (TPSA) is 75.4 Å². The summed E-state index contributed by atoms with van der Waals surface area (Å²) in [5.41, 5.74) is 7.28. The second-order valence-corrected chi connectivity index (χ2v) is 4.49. The minimum atomic E-state index is -0.449. The molecule has 0 saturated carbocycles. The molecule has 0 radical (unpaired) electrons. The van der Waals surface area contributed by atoms with Crippen molar-refractivity contribution in [1.29, 1.82) is 0 Å². The van der Waals surface area contributed by atoms with Crippen molar-refractivity contribution < 1.29 is 9.59 Å². The molecule has 0 aliphatic rings. The van der Waals surface area contributed by atoms with Crippen LogP contribution in [0, 0.1) is 0 Å². The van der Waals surface area contributed by atoms with Gasteiger partial charge in [-0.25, -0.2) is 0 Å². The van der Waals surface area contributed by atoms with E-state index in [-0.39, 0.29) is 11.8 Å². The maximum atomic E-state index is 11.8. The summed E-state index contributed by atoms with van der Waals surface area (Å²) in [6, 6.07) is 6.71. The van der Waals surface area contributed by atoms with Crippen molar-refractivity contribution in [3.8, 4) is 0 Å². The SMILES string of the molecule is CC[C@H](N)C(=O)N(C)Cc1ccc(C(=O)NC)cc1. The third kappa shape index (κ3) is 4.06. The third-order valence-electron chi connectivity index (χ3n) is 3.00. The minimum Gasteiger partial charge on any atom is -0.355 e. The highest BCUT2D eigenvalue weighted by molar-refractivity contribution is 5.93. The van der Waals surface area contributed by atoms with Crippen LogP contribution in [0.1, 0.15) is 29.3 Å². The van der Waals surface area contributed by atoms with Gasteiger partial charge in [-0.2, -0.15) is 0 Å². The lowest BCUT2D eigenvalue weighted by molar-refractivity contribution is -0.131. The molecular formula is C14H21N3O2. The van der Waals surface area contributed by atoms with Crippen molar-refractivity contribution in [2.45, 2.75) is 25.9 Å². The molecule has 19 heavy (non-hydrogen) atoms. The van der Waals surface area contributed by atoms with Crippen LogP contribution in [0.25, 0.3) is 0 Å². The first-order valence-corrected chi connectivity index (χ1v) is 6.31. The molecule has 0 aliphatic carbocycles. The molecule has 0 fully saturated rings. The first-order chi connectivity index (χ1) is 8.99. The Hall–Kier alpha value is -1.88. The number of rotatable bonds is 5. The van der Waals surface area contributed by atoms with Gasteiger partial charge in [0.05, 0.1) is 6.04 Å². The molecule has 0 aliphatic heterocycles. The summed E-state index contributed by atoms with van der Waals surface area (Å²) in [6.45, 7) is 2.37. The quantitative estimate of drug-likeness (QED) is 0.823. The van der Waals surface area contributed by atoms with Gasteiger partial charge in [-0.15, -0.1) is 0 Å². The highest BCUT2D eigenvalue weighted by Crippen LogP contribution is 2.08. The van der Waals surface area contributed by atoms with Crippen molar-refractivity contribution in [2.75, 3.05) is 14.1 Å². The maximum absolute atomic E-state index is 11.8. The Morgan fingerprint density at radius 1 is 1.32 bits per heavy atom. The largest absolute Gasteiger partial charge is 0.355 e. The number of nitrogens with two attached hydrogens (primary N) is 1. The fraction of sp³-hybridized carbons (Fsp3) is 0.429. The van der Waals surface area contributed by atoms with Crippen LogP contribution < -0.4 is 11.1 Å². The molecule has 0 heterocycles. The lowest BCUT2D eigenvalue weighted by Gasteiger charge is -2.20. The molecule has 3 N–H and O–H groups in total. The number of hydrogen-bond acceptors (Lipinski definition) is 3. The van der Waals surface area contributed by atoms with Gasteiger partial charge in [0, 0.05) is 26.2 Å². The summed E-state index contributed by atoms with van der Waals surface area (Å²) >= 11 is 0. The van der Waals surface area contributed by atoms with Crippen molar-refractivity contribution in [2.24, 2.45) is 5.73 Å². The Labute approximate surface area is 113 Å². The number of amides is 2. The van der Waals surface area contributed by atoms with E-state index >= 15 is 0 Å². The van der Waals surface area contributed by atoms with E-state index in [2.05, 4.69) is 5.32 Å². The van der Waals surface area contributed by atoms with Crippen molar-refractivity contribution in [3.05, 3.63) is 35.4 Å². The number of hydrogen-bond donors (Lipinski definition) is 2. The summed E-state index contributed by atoms with van der Waals surface area (Å²) in [5, 5.41) is 2.56. The van der Waals surface area contributed by atoms with E-state index in [0.29, 0.717) is 18.5 Å². The third-order valence-corrected chi connectivity index (χ3v) is 3.00. The summed E-state index contributed by atoms with van der Waals surface area (Å²) in [6.07, 6.45) is 0.624. The number of nitrogens with one attached hydrogen (secondary N) is 1. The number of benzene rings is 1. The molecule has 0 spiro atoms. The van der Waals surface area contributed by atoms with Crippen LogP contribution in [0.3, 0.4) is 0 Å². The monoisotopic (exact) mass is 263 g/mol. The second-order valence-electron chi connectivity index (χ2n) is 4.49. The van der Waals surface area contributed by atoms with E-state index in [4.69, 9.17) is 5.73 Å². The fourth-order valence-corrected chi connectivity index (χ4v) is 1.72. The summed E-state index contributed by atoms with van der Waals surface area (Å²) in [4.78, 5) is 24.8. The van der Waals surface area contributed by atoms with Gasteiger partial charge in [-0.3, -0.25) is 9.59 Å². The second kappa shape index (κ2) is 6.89. The smallest absolute Gasteiger partial charge is 0.251 e. The zero-order valence-electron chi connectivity index (χ0n) is 11.6. The summed E-state index contributed by atoms with van der Waals surface area (Å²) < 4.78 is 0. The average Bonchev–Trinajstić information content (AvgIpc) is 2.45. The van der Waals surface area contributed by atoms with Crippen LogP contribution in [-0.2, 0) is 11.3 Å². The molecule has 5 nitrogen and oxygen atoms in total. The van der Waals surface area contributed by atoms with Gasteiger partial charge >= 0.3 is 0 Å². The molecule has 1 rings (SSSR count). The van der Waals surface area contributed by atoms with Gasteiger partial charge in [0.2, 0.25) is 5.91 Å². The molecule has 1 atom stereocenters. The Morgan fingerprint density at radius 2 is 1.89 bits per heavy atom. The Morgan fingerprint density at radius 3 is 2.37 bits per heavy atom. The first kappa shape index (κ1) is 15.2. The molecule has 1 aromatic carbocycles. The minimum absolute atomic E-state index is 0.0714. The highest BCUT2D eigenvalue weighted by atomic mass is 16.2. The zero-order chi connectivity index (χ0) is 14.4. The van der Waals surface area contributed by atoms with E-state index in [1.165, 1.54) is 0 Å². The average molecular weight is 263 g/mol. The maximum Gasteiger partial charge on any atom is 0.251 e. The van der Waals surface area contributed by atoms with Crippen molar-refractivity contribution >= 4 is 11.8 Å². The normalized spacial score (nSPS) is 11.8. The van der Waals surface area contributed by atoms with Gasteiger partial charge in [-0.05, 0) is 24.1 Å². The van der Waals surface area contributed by atoms with E-state index in [1.54, 1.807) is 31.1 Å². The zero-order valence-corrected chi connectivity index (χ0v) is 11.6. The van der Waals surface area contributed by atoms with Gasteiger partial charge in [0.15, 0.2) is 0 Å². The lowest BCUT2D eigenvalue weighted by atomic mass is 10.1. The van der Waals surface area contributed by atoms with Crippen LogP contribution in [-0.4, -0.2) is 36.9 Å². The predicted molar refractivity (Wildman–Crippen MR) is 74.6 cm³/mol. The van der Waals surface area contributed by atoms with Gasteiger partial charge in [0.1, 0.15) is 0 Å². The molecule has 104 valence electrons. The van der Waals surface area contributed by atoms with Crippen LogP contribution in [0.4, 0.5) is 0 Å². The van der Waals surface area contributed by atoms with Crippen LogP contribution in [0.5, 0.6) is 0 Å². The van der Waals surface area contributed by atoms with E-state index < -0.39 is 6.04 Å². The van der Waals surface area contributed by atoms with Crippen molar-refractivity contribution in [3.63, 3.8) is 0 Å². The standard InChI is InChI=1S/C14H21N3O2/c1-4-12(15)14(19)17(3)9-10-5-7-11(8-6-10)13(18)16-2/h5-8,12H,4,9,15H2,1-3H3,(H,16,18)/t12-/m0/s1. The fourth-order valence-electron chi connectivity index (χ4n) is 1.72. The van der Waals surface area contributed by atoms with Gasteiger partial charge in [0.25, 0.3) is 5.91 Å². The molecule has 5 heteroatoms. The molecule has 0 saturated heterocycles. The Balaban J connectivity index is 2.68. The summed E-state index contributed by atoms with van der Waals surface area (Å²) in [5.74, 6) is -0.193. The number of carbonyl (C=O) groups excluding carboxylic acids is 2. The Bertz CT molecular complexity index is 443.